The van der Waals surface area contributed by atoms with E-state index in [-0.39, 0.29) is 0 Å². The van der Waals surface area contributed by atoms with E-state index >= 15 is 0 Å². The van der Waals surface area contributed by atoms with Crippen LogP contribution in [0.1, 0.15) is 24.8 Å². The van der Waals surface area contributed by atoms with Gasteiger partial charge in [0, 0.05) is 19.6 Å². The van der Waals surface area contributed by atoms with E-state index in [1.165, 1.54) is 64.0 Å². The molecule has 2 nitrogen and oxygen atoms in total. The van der Waals surface area contributed by atoms with E-state index in [1.54, 1.807) is 0 Å². The molecule has 2 heteroatoms. The minimum Gasteiger partial charge on any atom is -0.306 e. The number of hydrogen-bond acceptors (Lipinski definition) is 2. The Bertz CT molecular complexity index is 403. The molecule has 3 rings (SSSR count). The van der Waals surface area contributed by atoms with E-state index in [4.69, 9.17) is 0 Å². The van der Waals surface area contributed by atoms with Gasteiger partial charge in [0.05, 0.1) is 0 Å². The van der Waals surface area contributed by atoms with Gasteiger partial charge in [0.2, 0.25) is 0 Å². The SMILES string of the molecule is CN1CCCC2(CCN(CCc3ccccc3)C2)C1. The molecule has 0 aliphatic carbocycles. The summed E-state index contributed by atoms with van der Waals surface area (Å²) in [5, 5.41) is 0. The molecule has 0 aromatic heterocycles. The molecular weight excluding hydrogens is 232 g/mol. The van der Waals surface area contributed by atoms with Crippen molar-refractivity contribution in [1.82, 2.24) is 9.80 Å². The number of hydrogen-bond donors (Lipinski definition) is 0. The van der Waals surface area contributed by atoms with E-state index in [0.717, 1.165) is 0 Å². The van der Waals surface area contributed by atoms with E-state index in [1.807, 2.05) is 0 Å². The van der Waals surface area contributed by atoms with E-state index < -0.39 is 0 Å². The monoisotopic (exact) mass is 258 g/mol. The van der Waals surface area contributed by atoms with Gasteiger partial charge in [0.15, 0.2) is 0 Å². The minimum atomic E-state index is 0.615. The lowest BCUT2D eigenvalue weighted by atomic mass is 9.79. The molecule has 2 aliphatic heterocycles. The molecule has 1 aromatic carbocycles. The quantitative estimate of drug-likeness (QED) is 0.822. The highest BCUT2D eigenvalue weighted by molar-refractivity contribution is 5.15. The lowest BCUT2D eigenvalue weighted by molar-refractivity contribution is 0.113. The maximum atomic E-state index is 2.69. The van der Waals surface area contributed by atoms with Crippen molar-refractivity contribution in [2.75, 3.05) is 39.8 Å². The number of piperidine rings is 1. The smallest absolute Gasteiger partial charge is 0.00509 e. The fraction of sp³-hybridized carbons (Fsp3) is 0.647. The predicted molar refractivity (Wildman–Crippen MR) is 80.4 cm³/mol. The molecule has 0 amide bonds. The second-order valence-electron chi connectivity index (χ2n) is 6.60. The van der Waals surface area contributed by atoms with Gasteiger partial charge in [-0.2, -0.15) is 0 Å². The molecule has 1 unspecified atom stereocenters. The van der Waals surface area contributed by atoms with Crippen molar-refractivity contribution in [3.05, 3.63) is 35.9 Å². The highest BCUT2D eigenvalue weighted by atomic mass is 15.2. The topological polar surface area (TPSA) is 6.48 Å². The van der Waals surface area contributed by atoms with E-state index in [2.05, 4.69) is 47.2 Å². The summed E-state index contributed by atoms with van der Waals surface area (Å²) in [6, 6.07) is 10.9. The molecule has 2 heterocycles. The number of rotatable bonds is 3. The highest BCUT2D eigenvalue weighted by Gasteiger charge is 2.40. The van der Waals surface area contributed by atoms with Crippen LogP contribution < -0.4 is 0 Å². The molecule has 2 aliphatic rings. The zero-order valence-corrected chi connectivity index (χ0v) is 12.1. The molecule has 2 fully saturated rings. The van der Waals surface area contributed by atoms with Crippen molar-refractivity contribution in [3.8, 4) is 0 Å². The highest BCUT2D eigenvalue weighted by Crippen LogP contribution is 2.38. The van der Waals surface area contributed by atoms with Crippen LogP contribution in [0.25, 0.3) is 0 Å². The molecule has 0 saturated carbocycles. The Morgan fingerprint density at radius 1 is 1.05 bits per heavy atom. The third-order valence-electron chi connectivity index (χ3n) is 4.93. The van der Waals surface area contributed by atoms with Crippen molar-refractivity contribution in [2.45, 2.75) is 25.7 Å². The third kappa shape index (κ3) is 3.18. The molecule has 1 aromatic rings. The molecule has 0 bridgehead atoms. The summed E-state index contributed by atoms with van der Waals surface area (Å²) in [6.07, 6.45) is 5.45. The third-order valence-corrected chi connectivity index (χ3v) is 4.93. The van der Waals surface area contributed by atoms with Crippen LogP contribution in [0.2, 0.25) is 0 Å². The Morgan fingerprint density at radius 3 is 2.68 bits per heavy atom. The molecule has 0 N–H and O–H groups in total. The van der Waals surface area contributed by atoms with Crippen LogP contribution in [0.4, 0.5) is 0 Å². The fourth-order valence-corrected chi connectivity index (χ4v) is 3.94. The van der Waals surface area contributed by atoms with Crippen molar-refractivity contribution in [2.24, 2.45) is 5.41 Å². The number of benzene rings is 1. The molecular formula is C17H26N2. The van der Waals surface area contributed by atoms with Crippen LogP contribution >= 0.6 is 0 Å². The Balaban J connectivity index is 1.52. The van der Waals surface area contributed by atoms with E-state index in [0.29, 0.717) is 5.41 Å². The molecule has 104 valence electrons. The van der Waals surface area contributed by atoms with Crippen LogP contribution in [0, 0.1) is 5.41 Å². The van der Waals surface area contributed by atoms with Gasteiger partial charge in [-0.25, -0.2) is 0 Å². The van der Waals surface area contributed by atoms with Gasteiger partial charge < -0.3 is 9.80 Å². The van der Waals surface area contributed by atoms with Gasteiger partial charge in [-0.05, 0) is 56.8 Å². The average molecular weight is 258 g/mol. The van der Waals surface area contributed by atoms with Gasteiger partial charge in [-0.1, -0.05) is 30.3 Å². The fourth-order valence-electron chi connectivity index (χ4n) is 3.94. The summed E-state index contributed by atoms with van der Waals surface area (Å²) in [5.41, 5.74) is 2.09. The zero-order chi connectivity index (χ0) is 13.1. The maximum absolute atomic E-state index is 2.69. The first-order valence-electron chi connectivity index (χ1n) is 7.71. The van der Waals surface area contributed by atoms with E-state index in [9.17, 15) is 0 Å². The summed E-state index contributed by atoms with van der Waals surface area (Å²) in [6.45, 7) is 6.47. The maximum Gasteiger partial charge on any atom is 0.00509 e. The molecule has 2 saturated heterocycles. The van der Waals surface area contributed by atoms with Crippen molar-refractivity contribution in [3.63, 3.8) is 0 Å². The lowest BCUT2D eigenvalue weighted by Gasteiger charge is -2.38. The lowest BCUT2D eigenvalue weighted by Crippen LogP contribution is -2.43. The standard InChI is InChI=1S/C17H26N2/c1-18-11-5-9-17(14-18)10-13-19(15-17)12-8-16-6-3-2-4-7-16/h2-4,6-7H,5,8-15H2,1H3. The second kappa shape index (κ2) is 5.64. The summed E-state index contributed by atoms with van der Waals surface area (Å²) >= 11 is 0. The molecule has 1 atom stereocenters. The van der Waals surface area contributed by atoms with Gasteiger partial charge in [0.25, 0.3) is 0 Å². The predicted octanol–water partition coefficient (Wildman–Crippen LogP) is 2.65. The summed E-state index contributed by atoms with van der Waals surface area (Å²) < 4.78 is 0. The number of nitrogens with zero attached hydrogens (tertiary/aromatic N) is 2. The van der Waals surface area contributed by atoms with Crippen molar-refractivity contribution < 1.29 is 0 Å². The Kier molecular flexibility index (Phi) is 3.90. The zero-order valence-electron chi connectivity index (χ0n) is 12.1. The minimum absolute atomic E-state index is 0.615. The Morgan fingerprint density at radius 2 is 1.89 bits per heavy atom. The Hall–Kier alpha value is -0.860. The Labute approximate surface area is 117 Å². The number of likely N-dealkylation sites (tertiary alicyclic amines) is 2. The van der Waals surface area contributed by atoms with Crippen LogP contribution in [-0.2, 0) is 6.42 Å². The van der Waals surface area contributed by atoms with Gasteiger partial charge in [0.1, 0.15) is 0 Å². The molecule has 0 radical (unpaired) electrons. The van der Waals surface area contributed by atoms with Crippen LogP contribution in [0.5, 0.6) is 0 Å². The average Bonchev–Trinajstić information content (AvgIpc) is 2.80. The van der Waals surface area contributed by atoms with Crippen LogP contribution in [0.3, 0.4) is 0 Å². The first kappa shape index (κ1) is 13.1. The van der Waals surface area contributed by atoms with Gasteiger partial charge >= 0.3 is 0 Å². The normalized spacial score (nSPS) is 29.1. The first-order chi connectivity index (χ1) is 9.26. The van der Waals surface area contributed by atoms with Gasteiger partial charge in [-0.15, -0.1) is 0 Å². The molecule has 1 spiro atoms. The summed E-state index contributed by atoms with van der Waals surface area (Å²) in [5.74, 6) is 0. The molecule has 19 heavy (non-hydrogen) atoms. The second-order valence-corrected chi connectivity index (χ2v) is 6.60. The van der Waals surface area contributed by atoms with Crippen LogP contribution in [0.15, 0.2) is 30.3 Å². The summed E-state index contributed by atoms with van der Waals surface area (Å²) in [7, 11) is 2.29. The summed E-state index contributed by atoms with van der Waals surface area (Å²) in [4.78, 5) is 5.22. The van der Waals surface area contributed by atoms with Gasteiger partial charge in [-0.3, -0.25) is 0 Å². The van der Waals surface area contributed by atoms with Crippen molar-refractivity contribution in [1.29, 1.82) is 0 Å². The largest absolute Gasteiger partial charge is 0.306 e. The first-order valence-corrected chi connectivity index (χ1v) is 7.71. The van der Waals surface area contributed by atoms with Crippen molar-refractivity contribution >= 4 is 0 Å². The van der Waals surface area contributed by atoms with Crippen LogP contribution in [-0.4, -0.2) is 49.6 Å².